The van der Waals surface area contributed by atoms with Crippen LogP contribution in [0, 0.1) is 0 Å². The van der Waals surface area contributed by atoms with Crippen molar-refractivity contribution in [2.75, 3.05) is 0 Å². The standard InChI is InChI=1S/C28H41O3P/c1-25(2,3)17-13-19-20-14-18(26(4,5)6)16-22(28(10,11)12)24(20)31-32(29)30-23(19)21(15-17)27(7,8)9/h13-16,32H,1-12H3. The number of rotatable bonds is 0. The molecule has 0 amide bonds. The predicted molar refractivity (Wildman–Crippen MR) is 137 cm³/mol. The molecule has 176 valence electrons. The number of hydrogen-bond acceptors (Lipinski definition) is 3. The highest BCUT2D eigenvalue weighted by Crippen LogP contribution is 2.54. The van der Waals surface area contributed by atoms with Gasteiger partial charge in [-0.25, -0.2) is 4.57 Å². The molecule has 0 aliphatic carbocycles. The molecule has 0 N–H and O–H groups in total. The van der Waals surface area contributed by atoms with Gasteiger partial charge in [0.2, 0.25) is 0 Å². The maximum absolute atomic E-state index is 13.1. The van der Waals surface area contributed by atoms with Crippen molar-refractivity contribution in [1.29, 1.82) is 0 Å². The van der Waals surface area contributed by atoms with Crippen molar-refractivity contribution < 1.29 is 13.6 Å². The lowest BCUT2D eigenvalue weighted by Crippen LogP contribution is -2.18. The summed E-state index contributed by atoms with van der Waals surface area (Å²) in [5.41, 5.74) is 6.12. The molecule has 0 saturated heterocycles. The zero-order valence-electron chi connectivity index (χ0n) is 22.0. The lowest BCUT2D eigenvalue weighted by Gasteiger charge is -2.30. The summed E-state index contributed by atoms with van der Waals surface area (Å²) >= 11 is 0. The first-order valence-corrected chi connectivity index (χ1v) is 12.8. The molecule has 0 fully saturated rings. The zero-order valence-corrected chi connectivity index (χ0v) is 23.0. The second-order valence-corrected chi connectivity index (χ2v) is 14.2. The molecule has 0 spiro atoms. The molecule has 2 aromatic carbocycles. The molecule has 1 aliphatic rings. The monoisotopic (exact) mass is 456 g/mol. The first kappa shape index (κ1) is 24.9. The van der Waals surface area contributed by atoms with E-state index in [4.69, 9.17) is 9.05 Å². The van der Waals surface area contributed by atoms with Crippen LogP contribution in [0.5, 0.6) is 11.5 Å². The van der Waals surface area contributed by atoms with Gasteiger partial charge in [-0.05, 0) is 44.9 Å². The van der Waals surface area contributed by atoms with Crippen LogP contribution in [0.3, 0.4) is 0 Å². The van der Waals surface area contributed by atoms with Gasteiger partial charge < -0.3 is 9.05 Å². The summed E-state index contributed by atoms with van der Waals surface area (Å²) in [4.78, 5) is 0. The Bertz CT molecular complexity index is 983. The van der Waals surface area contributed by atoms with Gasteiger partial charge in [0, 0.05) is 22.3 Å². The molecule has 3 rings (SSSR count). The van der Waals surface area contributed by atoms with E-state index >= 15 is 0 Å². The minimum atomic E-state index is -2.76. The Balaban J connectivity index is 2.54. The lowest BCUT2D eigenvalue weighted by atomic mass is 9.75. The zero-order chi connectivity index (χ0) is 24.4. The smallest absolute Gasteiger partial charge is 0.417 e. The van der Waals surface area contributed by atoms with Gasteiger partial charge in [0.15, 0.2) is 0 Å². The fourth-order valence-electron chi connectivity index (χ4n) is 4.05. The Morgan fingerprint density at radius 3 is 1.09 bits per heavy atom. The van der Waals surface area contributed by atoms with E-state index in [0.29, 0.717) is 11.5 Å². The minimum Gasteiger partial charge on any atom is -0.417 e. The molecule has 1 heterocycles. The first-order chi connectivity index (χ1) is 14.3. The molecule has 2 aromatic rings. The van der Waals surface area contributed by atoms with E-state index in [1.165, 1.54) is 11.1 Å². The maximum Gasteiger partial charge on any atom is 0.419 e. The maximum atomic E-state index is 13.1. The fourth-order valence-corrected chi connectivity index (χ4v) is 4.86. The molecule has 32 heavy (non-hydrogen) atoms. The van der Waals surface area contributed by atoms with E-state index in [2.05, 4.69) is 107 Å². The van der Waals surface area contributed by atoms with E-state index in [0.717, 1.165) is 22.3 Å². The third-order valence-corrected chi connectivity index (χ3v) is 6.93. The summed E-state index contributed by atoms with van der Waals surface area (Å²) < 4.78 is 25.2. The van der Waals surface area contributed by atoms with Crippen LogP contribution in [0.15, 0.2) is 24.3 Å². The quantitative estimate of drug-likeness (QED) is 0.372. The molecule has 3 nitrogen and oxygen atoms in total. The molecule has 0 aromatic heterocycles. The SMILES string of the molecule is CC(C)(C)c1cc2c(c(C(C)(C)C)c1)O[PH](=O)Oc1c-2cc(C(C)(C)C)cc1C(C)(C)C. The van der Waals surface area contributed by atoms with Gasteiger partial charge in [-0.1, -0.05) is 95.2 Å². The summed E-state index contributed by atoms with van der Waals surface area (Å²) in [6.07, 6.45) is 0. The van der Waals surface area contributed by atoms with Crippen molar-refractivity contribution in [1.82, 2.24) is 0 Å². The average molecular weight is 457 g/mol. The van der Waals surface area contributed by atoms with Crippen LogP contribution >= 0.6 is 8.25 Å². The van der Waals surface area contributed by atoms with E-state index in [-0.39, 0.29) is 21.7 Å². The summed E-state index contributed by atoms with van der Waals surface area (Å²) in [7, 11) is -2.76. The Morgan fingerprint density at radius 2 is 0.844 bits per heavy atom. The average Bonchev–Trinajstić information content (AvgIpc) is 2.71. The predicted octanol–water partition coefficient (Wildman–Crippen LogP) is 8.70. The van der Waals surface area contributed by atoms with E-state index in [9.17, 15) is 4.57 Å². The molecule has 0 radical (unpaired) electrons. The van der Waals surface area contributed by atoms with Crippen LogP contribution < -0.4 is 9.05 Å². The van der Waals surface area contributed by atoms with E-state index in [1.807, 2.05) is 0 Å². The highest BCUT2D eigenvalue weighted by atomic mass is 31.1. The highest BCUT2D eigenvalue weighted by Gasteiger charge is 2.34. The third kappa shape index (κ3) is 4.79. The van der Waals surface area contributed by atoms with Crippen LogP contribution in [0.1, 0.15) is 105 Å². The van der Waals surface area contributed by atoms with Crippen molar-refractivity contribution >= 4 is 8.25 Å². The molecule has 0 atom stereocenters. The molecule has 1 aliphatic heterocycles. The van der Waals surface area contributed by atoms with Gasteiger partial charge in [-0.15, -0.1) is 0 Å². The van der Waals surface area contributed by atoms with Crippen LogP contribution in [-0.4, -0.2) is 0 Å². The summed E-state index contributed by atoms with van der Waals surface area (Å²) in [5, 5.41) is 0. The molecule has 0 saturated carbocycles. The van der Waals surface area contributed by atoms with Crippen molar-refractivity contribution in [3.63, 3.8) is 0 Å². The van der Waals surface area contributed by atoms with Gasteiger partial charge in [-0.3, -0.25) is 0 Å². The summed E-state index contributed by atoms with van der Waals surface area (Å²) in [5.74, 6) is 1.39. The first-order valence-electron chi connectivity index (χ1n) is 11.6. The highest BCUT2D eigenvalue weighted by molar-refractivity contribution is 7.34. The van der Waals surface area contributed by atoms with Crippen molar-refractivity contribution in [2.24, 2.45) is 0 Å². The molecule has 4 heteroatoms. The van der Waals surface area contributed by atoms with Crippen LogP contribution in [0.25, 0.3) is 11.1 Å². The Hall–Kier alpha value is -1.73. The number of benzene rings is 2. The van der Waals surface area contributed by atoms with Crippen LogP contribution in [0.4, 0.5) is 0 Å². The fraction of sp³-hybridized carbons (Fsp3) is 0.571. The Morgan fingerprint density at radius 1 is 0.531 bits per heavy atom. The van der Waals surface area contributed by atoms with Gasteiger partial charge in [0.25, 0.3) is 0 Å². The Labute approximate surface area is 195 Å². The van der Waals surface area contributed by atoms with Gasteiger partial charge in [-0.2, -0.15) is 0 Å². The van der Waals surface area contributed by atoms with Crippen molar-refractivity contribution in [3.8, 4) is 22.6 Å². The molecule has 0 unspecified atom stereocenters. The third-order valence-electron chi connectivity index (χ3n) is 6.19. The van der Waals surface area contributed by atoms with Crippen molar-refractivity contribution in [3.05, 3.63) is 46.5 Å². The number of hydrogen-bond donors (Lipinski definition) is 0. The second kappa shape index (κ2) is 7.66. The van der Waals surface area contributed by atoms with Crippen LogP contribution in [0.2, 0.25) is 0 Å². The lowest BCUT2D eigenvalue weighted by molar-refractivity contribution is 0.408. The Kier molecular flexibility index (Phi) is 5.96. The number of fused-ring (bicyclic) bond motifs is 3. The van der Waals surface area contributed by atoms with Crippen molar-refractivity contribution in [2.45, 2.75) is 105 Å². The van der Waals surface area contributed by atoms with E-state index in [1.54, 1.807) is 0 Å². The van der Waals surface area contributed by atoms with Gasteiger partial charge in [0.1, 0.15) is 11.5 Å². The van der Waals surface area contributed by atoms with Crippen LogP contribution in [-0.2, 0) is 26.2 Å². The minimum absolute atomic E-state index is 0.0396. The normalized spacial score (nSPS) is 15.4. The summed E-state index contributed by atoms with van der Waals surface area (Å²) in [6, 6.07) is 8.87. The molecular weight excluding hydrogens is 415 g/mol. The topological polar surface area (TPSA) is 35.5 Å². The van der Waals surface area contributed by atoms with Gasteiger partial charge in [0.05, 0.1) is 0 Å². The molecule has 0 bridgehead atoms. The largest absolute Gasteiger partial charge is 0.419 e. The molecular formula is C28H41O3P. The second-order valence-electron chi connectivity index (χ2n) is 13.3. The summed E-state index contributed by atoms with van der Waals surface area (Å²) in [6.45, 7) is 26.4. The van der Waals surface area contributed by atoms with Gasteiger partial charge >= 0.3 is 8.25 Å². The van der Waals surface area contributed by atoms with E-state index < -0.39 is 8.25 Å².